The Hall–Kier alpha value is -1.58. The van der Waals surface area contributed by atoms with Gasteiger partial charge in [-0.25, -0.2) is 4.68 Å². The molecular formula is C8H5F5N4S. The van der Waals surface area contributed by atoms with Crippen molar-refractivity contribution >= 4 is 11.3 Å². The van der Waals surface area contributed by atoms with Gasteiger partial charge in [-0.3, -0.25) is 0 Å². The van der Waals surface area contributed by atoms with Gasteiger partial charge >= 0.3 is 12.1 Å². The Morgan fingerprint density at radius 3 is 2.50 bits per heavy atom. The quantitative estimate of drug-likeness (QED) is 0.813. The zero-order valence-corrected chi connectivity index (χ0v) is 9.34. The number of hydrogen-bond acceptors (Lipinski definition) is 4. The van der Waals surface area contributed by atoms with E-state index in [4.69, 9.17) is 0 Å². The van der Waals surface area contributed by atoms with Gasteiger partial charge in [-0.05, 0) is 27.4 Å². The molecule has 2 aromatic heterocycles. The lowest BCUT2D eigenvalue weighted by Gasteiger charge is -2.17. The molecule has 0 radical (unpaired) electrons. The summed E-state index contributed by atoms with van der Waals surface area (Å²) >= 11 is 0.353. The van der Waals surface area contributed by atoms with E-state index in [1.165, 1.54) is 16.4 Å². The molecule has 98 valence electrons. The van der Waals surface area contributed by atoms with Crippen LogP contribution in [0, 0.1) is 0 Å². The molecule has 0 unspecified atom stereocenters. The summed E-state index contributed by atoms with van der Waals surface area (Å²) in [7, 11) is 0. The number of nitrogens with zero attached hydrogens (tertiary/aromatic N) is 4. The lowest BCUT2D eigenvalue weighted by atomic mass is 10.2. The van der Waals surface area contributed by atoms with Crippen molar-refractivity contribution in [2.75, 3.05) is 0 Å². The molecule has 0 saturated carbocycles. The van der Waals surface area contributed by atoms with E-state index in [0.29, 0.717) is 11.3 Å². The minimum absolute atomic E-state index is 0.0391. The predicted octanol–water partition coefficient (Wildman–Crippen LogP) is 2.44. The molecule has 0 spiro atoms. The topological polar surface area (TPSA) is 43.6 Å². The lowest BCUT2D eigenvalue weighted by molar-refractivity contribution is -0.287. The van der Waals surface area contributed by atoms with Crippen LogP contribution >= 0.6 is 11.3 Å². The molecule has 2 rings (SSSR count). The number of halogens is 5. The van der Waals surface area contributed by atoms with Crippen LogP contribution in [-0.2, 0) is 12.5 Å². The summed E-state index contributed by atoms with van der Waals surface area (Å²) in [6.45, 7) is 0.0391. The van der Waals surface area contributed by atoms with Gasteiger partial charge in [-0.1, -0.05) is 0 Å². The van der Waals surface area contributed by atoms with E-state index in [0.717, 1.165) is 6.07 Å². The second-order valence-corrected chi connectivity index (χ2v) is 4.31. The fourth-order valence-corrected chi connectivity index (χ4v) is 2.11. The summed E-state index contributed by atoms with van der Waals surface area (Å²) < 4.78 is 63.6. The van der Waals surface area contributed by atoms with E-state index in [2.05, 4.69) is 15.5 Å². The largest absolute Gasteiger partial charge is 0.458 e. The molecule has 2 heterocycles. The van der Waals surface area contributed by atoms with Crippen molar-refractivity contribution in [1.29, 1.82) is 0 Å². The molecule has 0 aromatic carbocycles. The minimum atomic E-state index is -5.59. The third-order valence-electron chi connectivity index (χ3n) is 2.06. The second kappa shape index (κ2) is 4.26. The number of aromatic nitrogens is 4. The van der Waals surface area contributed by atoms with Crippen molar-refractivity contribution < 1.29 is 22.0 Å². The first kappa shape index (κ1) is 12.9. The van der Waals surface area contributed by atoms with Gasteiger partial charge in [0, 0.05) is 0 Å². The number of hydrogen-bond donors (Lipinski definition) is 0. The van der Waals surface area contributed by atoms with E-state index < -0.39 is 17.0 Å². The molecule has 0 N–H and O–H groups in total. The Kier molecular flexibility index (Phi) is 3.05. The number of rotatable bonds is 3. The Labute approximate surface area is 101 Å². The van der Waals surface area contributed by atoms with E-state index in [-0.39, 0.29) is 12.1 Å². The van der Waals surface area contributed by atoms with Crippen LogP contribution in [0.25, 0.3) is 0 Å². The molecule has 0 bridgehead atoms. The molecule has 0 fully saturated rings. The zero-order valence-electron chi connectivity index (χ0n) is 8.53. The van der Waals surface area contributed by atoms with Crippen LogP contribution in [0.3, 0.4) is 0 Å². The Morgan fingerprint density at radius 1 is 1.22 bits per heavy atom. The van der Waals surface area contributed by atoms with Crippen molar-refractivity contribution in [3.05, 3.63) is 28.2 Å². The normalized spacial score (nSPS) is 12.9. The highest BCUT2D eigenvalue weighted by Gasteiger charge is 2.59. The van der Waals surface area contributed by atoms with Crippen LogP contribution in [0.2, 0.25) is 0 Å². The third kappa shape index (κ3) is 2.33. The maximum atomic E-state index is 13.0. The summed E-state index contributed by atoms with van der Waals surface area (Å²) in [4.78, 5) is -1.04. The van der Waals surface area contributed by atoms with Gasteiger partial charge in [-0.15, -0.1) is 16.4 Å². The maximum absolute atomic E-state index is 13.0. The van der Waals surface area contributed by atoms with Gasteiger partial charge in [0.2, 0.25) is 0 Å². The summed E-state index contributed by atoms with van der Waals surface area (Å²) in [5.41, 5.74) is 0.284. The molecular weight excluding hydrogens is 279 g/mol. The van der Waals surface area contributed by atoms with Crippen molar-refractivity contribution in [2.45, 2.75) is 18.6 Å². The zero-order chi connectivity index (χ0) is 13.4. The lowest BCUT2D eigenvalue weighted by Crippen LogP contribution is -2.32. The first-order valence-corrected chi connectivity index (χ1v) is 5.42. The fourth-order valence-electron chi connectivity index (χ4n) is 1.20. The molecule has 0 saturated heterocycles. The Morgan fingerprint density at radius 2 is 1.94 bits per heavy atom. The van der Waals surface area contributed by atoms with Crippen molar-refractivity contribution in [2.24, 2.45) is 0 Å². The van der Waals surface area contributed by atoms with Gasteiger partial charge in [0.05, 0.1) is 11.4 Å². The maximum Gasteiger partial charge on any atom is 0.458 e. The van der Waals surface area contributed by atoms with Crippen molar-refractivity contribution in [3.8, 4) is 0 Å². The molecule has 0 aliphatic heterocycles. The van der Waals surface area contributed by atoms with E-state index in [9.17, 15) is 22.0 Å². The first-order chi connectivity index (χ1) is 8.30. The highest BCUT2D eigenvalue weighted by atomic mass is 32.1. The average molecular weight is 284 g/mol. The summed E-state index contributed by atoms with van der Waals surface area (Å²) in [6, 6.07) is 0.805. The number of alkyl halides is 5. The molecule has 0 aliphatic rings. The second-order valence-electron chi connectivity index (χ2n) is 3.40. The van der Waals surface area contributed by atoms with Crippen LogP contribution in [0.4, 0.5) is 22.0 Å². The molecule has 0 amide bonds. The van der Waals surface area contributed by atoms with Gasteiger partial charge < -0.3 is 0 Å². The van der Waals surface area contributed by atoms with Gasteiger partial charge in [0.1, 0.15) is 6.33 Å². The molecule has 2 aromatic rings. The average Bonchev–Trinajstić information content (AvgIpc) is 2.87. The standard InChI is InChI=1S/C8H5F5N4S/c9-7(10,8(11,12)13)6-1-5(3-18-6)2-17-4-14-15-16-17/h1,3-4H,2H2. The van der Waals surface area contributed by atoms with Crippen LogP contribution < -0.4 is 0 Å². The van der Waals surface area contributed by atoms with Crippen LogP contribution in [0.1, 0.15) is 10.4 Å². The number of tetrazole rings is 1. The molecule has 0 aliphatic carbocycles. The van der Waals surface area contributed by atoms with Crippen molar-refractivity contribution in [1.82, 2.24) is 20.2 Å². The van der Waals surface area contributed by atoms with E-state index >= 15 is 0 Å². The molecule has 0 atom stereocenters. The van der Waals surface area contributed by atoms with Crippen LogP contribution in [-0.4, -0.2) is 26.4 Å². The minimum Gasteiger partial charge on any atom is -0.228 e. The van der Waals surface area contributed by atoms with Crippen molar-refractivity contribution in [3.63, 3.8) is 0 Å². The summed E-state index contributed by atoms with van der Waals surface area (Å²) in [5.74, 6) is -4.84. The van der Waals surface area contributed by atoms with Gasteiger partial charge in [0.15, 0.2) is 0 Å². The van der Waals surface area contributed by atoms with Gasteiger partial charge in [0.25, 0.3) is 0 Å². The number of thiophene rings is 1. The highest BCUT2D eigenvalue weighted by molar-refractivity contribution is 7.10. The Bertz CT molecular complexity index is 518. The van der Waals surface area contributed by atoms with E-state index in [1.807, 2.05) is 0 Å². The monoisotopic (exact) mass is 284 g/mol. The smallest absolute Gasteiger partial charge is 0.228 e. The predicted molar refractivity (Wildman–Crippen MR) is 51.2 cm³/mol. The highest BCUT2D eigenvalue weighted by Crippen LogP contribution is 2.46. The SMILES string of the molecule is FC(F)(F)C(F)(F)c1cc(Cn2cnnn2)cs1. The van der Waals surface area contributed by atoms with Crippen LogP contribution in [0.5, 0.6) is 0 Å². The van der Waals surface area contributed by atoms with Crippen LogP contribution in [0.15, 0.2) is 17.8 Å². The third-order valence-corrected chi connectivity index (χ3v) is 3.10. The summed E-state index contributed by atoms with van der Waals surface area (Å²) in [5, 5.41) is 11.3. The van der Waals surface area contributed by atoms with Gasteiger partial charge in [-0.2, -0.15) is 22.0 Å². The molecule has 4 nitrogen and oxygen atoms in total. The summed E-state index contributed by atoms with van der Waals surface area (Å²) in [6.07, 6.45) is -4.36. The molecule has 18 heavy (non-hydrogen) atoms. The Balaban J connectivity index is 2.20. The molecule has 10 heteroatoms. The fraction of sp³-hybridized carbons (Fsp3) is 0.375. The first-order valence-electron chi connectivity index (χ1n) is 4.54. The van der Waals surface area contributed by atoms with E-state index in [1.54, 1.807) is 0 Å².